The van der Waals surface area contributed by atoms with E-state index in [1.807, 2.05) is 11.9 Å². The molecule has 5 heteroatoms. The van der Waals surface area contributed by atoms with E-state index in [0.29, 0.717) is 17.6 Å². The molecule has 1 amide bonds. The van der Waals surface area contributed by atoms with Gasteiger partial charge in [0.1, 0.15) is 5.69 Å². The molecule has 1 unspecified atom stereocenters. The summed E-state index contributed by atoms with van der Waals surface area (Å²) < 4.78 is 1.78. The van der Waals surface area contributed by atoms with E-state index in [2.05, 4.69) is 4.98 Å². The zero-order chi connectivity index (χ0) is 12.3. The first-order valence-corrected chi connectivity index (χ1v) is 6.60. The number of hydrogen-bond acceptors (Lipinski definition) is 2. The molecule has 1 fully saturated rings. The van der Waals surface area contributed by atoms with Crippen molar-refractivity contribution in [1.82, 2.24) is 14.5 Å². The van der Waals surface area contributed by atoms with Crippen LogP contribution < -0.4 is 0 Å². The SMILES string of the molecule is Cn1cncc1C(=O)N1CCCC1CCCCl. The maximum atomic E-state index is 12.3. The molecule has 0 radical (unpaired) electrons. The standard InChI is InChI=1S/C12H18ClN3O/c1-15-9-14-8-11(15)12(17)16-7-3-5-10(16)4-2-6-13/h8-10H,2-7H2,1H3. The van der Waals surface area contributed by atoms with Crippen LogP contribution in [-0.4, -0.2) is 38.8 Å². The Labute approximate surface area is 107 Å². The van der Waals surface area contributed by atoms with E-state index in [-0.39, 0.29) is 5.91 Å². The van der Waals surface area contributed by atoms with Crippen LogP contribution in [0.2, 0.25) is 0 Å². The van der Waals surface area contributed by atoms with Crippen molar-refractivity contribution in [3.8, 4) is 0 Å². The number of likely N-dealkylation sites (tertiary alicyclic amines) is 1. The normalized spacial score (nSPS) is 19.9. The zero-order valence-electron chi connectivity index (χ0n) is 10.1. The number of rotatable bonds is 4. The van der Waals surface area contributed by atoms with Gasteiger partial charge in [-0.15, -0.1) is 11.6 Å². The largest absolute Gasteiger partial charge is 0.334 e. The van der Waals surface area contributed by atoms with Gasteiger partial charge in [-0.1, -0.05) is 0 Å². The Kier molecular flexibility index (Phi) is 4.05. The Balaban J connectivity index is 2.06. The molecule has 0 spiro atoms. The summed E-state index contributed by atoms with van der Waals surface area (Å²) in [6.45, 7) is 0.858. The summed E-state index contributed by atoms with van der Waals surface area (Å²) in [6.07, 6.45) is 7.47. The second-order valence-corrected chi connectivity index (χ2v) is 4.89. The maximum Gasteiger partial charge on any atom is 0.272 e. The molecule has 1 saturated heterocycles. The lowest BCUT2D eigenvalue weighted by atomic mass is 10.1. The van der Waals surface area contributed by atoms with Crippen LogP contribution in [0.4, 0.5) is 0 Å². The second-order valence-electron chi connectivity index (χ2n) is 4.52. The Bertz CT molecular complexity index is 391. The lowest BCUT2D eigenvalue weighted by molar-refractivity contribution is 0.0720. The van der Waals surface area contributed by atoms with Crippen molar-refractivity contribution >= 4 is 17.5 Å². The van der Waals surface area contributed by atoms with Gasteiger partial charge in [0.05, 0.1) is 12.5 Å². The smallest absolute Gasteiger partial charge is 0.272 e. The molecule has 0 N–H and O–H groups in total. The summed E-state index contributed by atoms with van der Waals surface area (Å²) >= 11 is 5.71. The number of amides is 1. The highest BCUT2D eigenvalue weighted by Crippen LogP contribution is 2.23. The summed E-state index contributed by atoms with van der Waals surface area (Å²) in [7, 11) is 1.85. The molecule has 0 saturated carbocycles. The van der Waals surface area contributed by atoms with E-state index >= 15 is 0 Å². The highest BCUT2D eigenvalue weighted by molar-refractivity contribution is 6.17. The van der Waals surface area contributed by atoms with E-state index in [1.165, 1.54) is 0 Å². The first kappa shape index (κ1) is 12.4. The summed E-state index contributed by atoms with van der Waals surface area (Å²) in [4.78, 5) is 18.3. The quantitative estimate of drug-likeness (QED) is 0.773. The molecule has 0 bridgehead atoms. The van der Waals surface area contributed by atoms with Gasteiger partial charge in [-0.25, -0.2) is 4.98 Å². The van der Waals surface area contributed by atoms with Crippen LogP contribution in [-0.2, 0) is 7.05 Å². The van der Waals surface area contributed by atoms with E-state index in [1.54, 1.807) is 17.1 Å². The number of halogens is 1. The number of carbonyl (C=O) groups excluding carboxylic acids is 1. The fraction of sp³-hybridized carbons (Fsp3) is 0.667. The van der Waals surface area contributed by atoms with Crippen LogP contribution in [0.25, 0.3) is 0 Å². The van der Waals surface area contributed by atoms with Crippen LogP contribution in [0, 0.1) is 0 Å². The molecular weight excluding hydrogens is 238 g/mol. The average molecular weight is 256 g/mol. The molecular formula is C12H18ClN3O. The second kappa shape index (κ2) is 5.54. The van der Waals surface area contributed by atoms with Gasteiger partial charge in [-0.3, -0.25) is 4.79 Å². The third-order valence-corrected chi connectivity index (χ3v) is 3.61. The molecule has 1 aliphatic heterocycles. The molecule has 1 aromatic rings. The molecule has 2 rings (SSSR count). The van der Waals surface area contributed by atoms with Gasteiger partial charge in [-0.05, 0) is 25.7 Å². The van der Waals surface area contributed by atoms with Crippen LogP contribution in [0.5, 0.6) is 0 Å². The van der Waals surface area contributed by atoms with Gasteiger partial charge in [0, 0.05) is 25.5 Å². The zero-order valence-corrected chi connectivity index (χ0v) is 10.9. The van der Waals surface area contributed by atoms with E-state index < -0.39 is 0 Å². The van der Waals surface area contributed by atoms with E-state index in [4.69, 9.17) is 11.6 Å². The van der Waals surface area contributed by atoms with Crippen LogP contribution in [0.1, 0.15) is 36.2 Å². The van der Waals surface area contributed by atoms with Gasteiger partial charge in [-0.2, -0.15) is 0 Å². The molecule has 1 atom stereocenters. The van der Waals surface area contributed by atoms with Crippen molar-refractivity contribution in [3.63, 3.8) is 0 Å². The molecule has 0 aromatic carbocycles. The highest BCUT2D eigenvalue weighted by atomic mass is 35.5. The van der Waals surface area contributed by atoms with Crippen molar-refractivity contribution < 1.29 is 4.79 Å². The number of aromatic nitrogens is 2. The lowest BCUT2D eigenvalue weighted by Crippen LogP contribution is -2.36. The molecule has 17 heavy (non-hydrogen) atoms. The minimum atomic E-state index is 0.0991. The predicted octanol–water partition coefficient (Wildman–Crippen LogP) is 2.04. The molecule has 94 valence electrons. The Morgan fingerprint density at radius 2 is 2.47 bits per heavy atom. The number of carbonyl (C=O) groups is 1. The minimum Gasteiger partial charge on any atom is -0.334 e. The molecule has 1 aromatic heterocycles. The third kappa shape index (κ3) is 2.63. The fourth-order valence-electron chi connectivity index (χ4n) is 2.43. The third-order valence-electron chi connectivity index (χ3n) is 3.34. The fourth-order valence-corrected chi connectivity index (χ4v) is 2.58. The van der Waals surface area contributed by atoms with Gasteiger partial charge in [0.2, 0.25) is 0 Å². The molecule has 1 aliphatic rings. The first-order valence-electron chi connectivity index (χ1n) is 6.07. The summed E-state index contributed by atoms with van der Waals surface area (Å²) in [6, 6.07) is 0.358. The summed E-state index contributed by atoms with van der Waals surface area (Å²) in [5.74, 6) is 0.770. The minimum absolute atomic E-state index is 0.0991. The summed E-state index contributed by atoms with van der Waals surface area (Å²) in [5, 5.41) is 0. The number of alkyl halides is 1. The van der Waals surface area contributed by atoms with Gasteiger partial charge in [0.15, 0.2) is 0 Å². The van der Waals surface area contributed by atoms with Gasteiger partial charge in [0.25, 0.3) is 5.91 Å². The Hall–Kier alpha value is -1.03. The van der Waals surface area contributed by atoms with E-state index in [9.17, 15) is 4.79 Å². The topological polar surface area (TPSA) is 38.1 Å². The van der Waals surface area contributed by atoms with Crippen molar-refractivity contribution in [2.45, 2.75) is 31.7 Å². The Morgan fingerprint density at radius 3 is 3.12 bits per heavy atom. The number of hydrogen-bond donors (Lipinski definition) is 0. The van der Waals surface area contributed by atoms with Crippen LogP contribution >= 0.6 is 11.6 Å². The lowest BCUT2D eigenvalue weighted by Gasteiger charge is -2.24. The van der Waals surface area contributed by atoms with Crippen molar-refractivity contribution in [2.75, 3.05) is 12.4 Å². The predicted molar refractivity (Wildman–Crippen MR) is 67.2 cm³/mol. The molecule has 0 aliphatic carbocycles. The van der Waals surface area contributed by atoms with Gasteiger partial charge >= 0.3 is 0 Å². The van der Waals surface area contributed by atoms with E-state index in [0.717, 1.165) is 32.2 Å². The number of imidazole rings is 1. The van der Waals surface area contributed by atoms with Crippen molar-refractivity contribution in [1.29, 1.82) is 0 Å². The number of aryl methyl sites for hydroxylation is 1. The van der Waals surface area contributed by atoms with Crippen molar-refractivity contribution in [2.24, 2.45) is 7.05 Å². The van der Waals surface area contributed by atoms with Crippen molar-refractivity contribution in [3.05, 3.63) is 18.2 Å². The molecule has 2 heterocycles. The summed E-state index contributed by atoms with van der Waals surface area (Å²) in [5.41, 5.74) is 0.669. The molecule has 4 nitrogen and oxygen atoms in total. The first-order chi connectivity index (χ1) is 8.24. The van der Waals surface area contributed by atoms with Gasteiger partial charge < -0.3 is 9.47 Å². The Morgan fingerprint density at radius 1 is 1.65 bits per heavy atom. The monoisotopic (exact) mass is 255 g/mol. The highest BCUT2D eigenvalue weighted by Gasteiger charge is 2.29. The van der Waals surface area contributed by atoms with Crippen LogP contribution in [0.3, 0.4) is 0 Å². The average Bonchev–Trinajstić information content (AvgIpc) is 2.94. The van der Waals surface area contributed by atoms with Crippen LogP contribution in [0.15, 0.2) is 12.5 Å². The number of nitrogens with zero attached hydrogens (tertiary/aromatic N) is 3. The maximum absolute atomic E-state index is 12.3.